The average Bonchev–Trinajstić information content (AvgIpc) is 2.95. The Hall–Kier alpha value is -1.04. The van der Waals surface area contributed by atoms with Gasteiger partial charge in [-0.2, -0.15) is 0 Å². The zero-order valence-corrected chi connectivity index (χ0v) is 9.83. The van der Waals surface area contributed by atoms with Crippen LogP contribution in [0.2, 0.25) is 0 Å². The van der Waals surface area contributed by atoms with E-state index in [1.54, 1.807) is 18.4 Å². The first-order chi connectivity index (χ1) is 7.86. The molecule has 2 aromatic heterocycles. The van der Waals surface area contributed by atoms with Crippen LogP contribution < -0.4 is 5.32 Å². The second-order valence-electron chi connectivity index (χ2n) is 3.93. The van der Waals surface area contributed by atoms with Gasteiger partial charge in [-0.1, -0.05) is 11.3 Å². The smallest absolute Gasteiger partial charge is 0.143 e. The number of hydrogen-bond acceptors (Lipinski definition) is 5. The fourth-order valence-corrected chi connectivity index (χ4v) is 3.00. The molecule has 1 saturated heterocycles. The molecule has 16 heavy (non-hydrogen) atoms. The van der Waals surface area contributed by atoms with E-state index in [0.29, 0.717) is 12.1 Å². The Morgan fingerprint density at radius 1 is 1.56 bits per heavy atom. The SMILES string of the molecule is COC1CNC(c2nc3cccnc3s2)C1. The van der Waals surface area contributed by atoms with Crippen molar-refractivity contribution in [2.75, 3.05) is 13.7 Å². The lowest BCUT2D eigenvalue weighted by Crippen LogP contribution is -2.15. The quantitative estimate of drug-likeness (QED) is 0.861. The molecule has 2 atom stereocenters. The van der Waals surface area contributed by atoms with Crippen LogP contribution in [-0.4, -0.2) is 29.7 Å². The van der Waals surface area contributed by atoms with Crippen molar-refractivity contribution in [2.45, 2.75) is 18.6 Å². The molecule has 1 N–H and O–H groups in total. The fraction of sp³-hybridized carbons (Fsp3) is 0.455. The van der Waals surface area contributed by atoms with Crippen molar-refractivity contribution >= 4 is 21.7 Å². The number of rotatable bonds is 2. The van der Waals surface area contributed by atoms with Crippen molar-refractivity contribution < 1.29 is 4.74 Å². The van der Waals surface area contributed by atoms with E-state index in [2.05, 4.69) is 15.3 Å². The summed E-state index contributed by atoms with van der Waals surface area (Å²) in [5, 5.41) is 4.55. The van der Waals surface area contributed by atoms with Crippen molar-refractivity contribution in [1.82, 2.24) is 15.3 Å². The van der Waals surface area contributed by atoms with Gasteiger partial charge in [-0.15, -0.1) is 0 Å². The van der Waals surface area contributed by atoms with Gasteiger partial charge in [0.15, 0.2) is 0 Å². The van der Waals surface area contributed by atoms with E-state index in [-0.39, 0.29) is 0 Å². The summed E-state index contributed by atoms with van der Waals surface area (Å²) >= 11 is 1.67. The molecule has 3 rings (SSSR count). The molecule has 0 aromatic carbocycles. The normalized spacial score (nSPS) is 25.3. The molecule has 3 heterocycles. The maximum atomic E-state index is 5.34. The van der Waals surface area contributed by atoms with Crippen LogP contribution in [0.4, 0.5) is 0 Å². The first-order valence-corrected chi connectivity index (χ1v) is 6.16. The summed E-state index contributed by atoms with van der Waals surface area (Å²) in [6.07, 6.45) is 3.12. The molecule has 0 amide bonds. The Morgan fingerprint density at radius 3 is 3.25 bits per heavy atom. The predicted octanol–water partition coefficient (Wildman–Crippen LogP) is 1.74. The van der Waals surface area contributed by atoms with E-state index in [1.807, 2.05) is 18.3 Å². The van der Waals surface area contributed by atoms with Crippen molar-refractivity contribution in [3.63, 3.8) is 0 Å². The third kappa shape index (κ3) is 1.71. The van der Waals surface area contributed by atoms with Crippen molar-refractivity contribution in [3.05, 3.63) is 23.3 Å². The molecule has 0 spiro atoms. The molecule has 0 radical (unpaired) electrons. The Kier molecular flexibility index (Phi) is 2.59. The van der Waals surface area contributed by atoms with Gasteiger partial charge in [0.05, 0.1) is 12.1 Å². The minimum absolute atomic E-state index is 0.310. The molecule has 5 heteroatoms. The van der Waals surface area contributed by atoms with Crippen LogP contribution in [0.5, 0.6) is 0 Å². The number of nitrogens with one attached hydrogen (secondary N) is 1. The highest BCUT2D eigenvalue weighted by molar-refractivity contribution is 7.18. The predicted molar refractivity (Wildman–Crippen MR) is 63.6 cm³/mol. The summed E-state index contributed by atoms with van der Waals surface area (Å²) in [4.78, 5) is 9.92. The van der Waals surface area contributed by atoms with Crippen LogP contribution in [-0.2, 0) is 4.74 Å². The van der Waals surface area contributed by atoms with Crippen molar-refractivity contribution in [1.29, 1.82) is 0 Å². The first kappa shape index (κ1) is 10.1. The highest BCUT2D eigenvalue weighted by atomic mass is 32.1. The van der Waals surface area contributed by atoms with Gasteiger partial charge in [-0.3, -0.25) is 0 Å². The van der Waals surface area contributed by atoms with Gasteiger partial charge in [-0.25, -0.2) is 9.97 Å². The Bertz CT molecular complexity index is 466. The summed E-state index contributed by atoms with van der Waals surface area (Å²) in [6.45, 7) is 0.907. The molecule has 2 unspecified atom stereocenters. The summed E-state index contributed by atoms with van der Waals surface area (Å²) in [5.41, 5.74) is 0.991. The zero-order valence-electron chi connectivity index (χ0n) is 9.01. The topological polar surface area (TPSA) is 47.0 Å². The molecule has 0 saturated carbocycles. The maximum absolute atomic E-state index is 5.34. The first-order valence-electron chi connectivity index (χ1n) is 5.34. The maximum Gasteiger partial charge on any atom is 0.143 e. The van der Waals surface area contributed by atoms with E-state index in [9.17, 15) is 0 Å². The van der Waals surface area contributed by atoms with Crippen LogP contribution in [0, 0.1) is 0 Å². The molecule has 0 aliphatic carbocycles. The lowest BCUT2D eigenvalue weighted by molar-refractivity contribution is 0.117. The minimum atomic E-state index is 0.310. The second kappa shape index (κ2) is 4.08. The molecule has 2 aromatic rings. The Balaban J connectivity index is 1.89. The van der Waals surface area contributed by atoms with E-state index in [0.717, 1.165) is 28.3 Å². The van der Waals surface area contributed by atoms with E-state index in [1.165, 1.54) is 0 Å². The zero-order chi connectivity index (χ0) is 11.0. The van der Waals surface area contributed by atoms with Gasteiger partial charge in [0.1, 0.15) is 15.4 Å². The fourth-order valence-electron chi connectivity index (χ4n) is 2.01. The van der Waals surface area contributed by atoms with Crippen molar-refractivity contribution in [3.8, 4) is 0 Å². The Labute approximate surface area is 97.7 Å². The van der Waals surface area contributed by atoms with Gasteiger partial charge >= 0.3 is 0 Å². The van der Waals surface area contributed by atoms with E-state index in [4.69, 9.17) is 4.74 Å². The van der Waals surface area contributed by atoms with Gasteiger partial charge in [-0.05, 0) is 18.6 Å². The third-order valence-corrected chi connectivity index (χ3v) is 4.00. The summed E-state index contributed by atoms with van der Waals surface area (Å²) < 4.78 is 5.34. The van der Waals surface area contributed by atoms with Crippen LogP contribution in [0.3, 0.4) is 0 Å². The number of methoxy groups -OCH3 is 1. The lowest BCUT2D eigenvalue weighted by atomic mass is 10.2. The molecule has 1 aliphatic rings. The third-order valence-electron chi connectivity index (χ3n) is 2.90. The molecule has 84 valence electrons. The van der Waals surface area contributed by atoms with Gasteiger partial charge in [0, 0.05) is 19.9 Å². The van der Waals surface area contributed by atoms with Crippen LogP contribution in [0.1, 0.15) is 17.5 Å². The highest BCUT2D eigenvalue weighted by Gasteiger charge is 2.27. The molecular weight excluding hydrogens is 222 g/mol. The molecular formula is C11H13N3OS. The van der Waals surface area contributed by atoms with Crippen molar-refractivity contribution in [2.24, 2.45) is 0 Å². The van der Waals surface area contributed by atoms with E-state index < -0.39 is 0 Å². The molecule has 4 nitrogen and oxygen atoms in total. The largest absolute Gasteiger partial charge is 0.380 e. The highest BCUT2D eigenvalue weighted by Crippen LogP contribution is 2.30. The van der Waals surface area contributed by atoms with Crippen LogP contribution in [0.15, 0.2) is 18.3 Å². The molecule has 1 aliphatic heterocycles. The van der Waals surface area contributed by atoms with Crippen LogP contribution in [0.25, 0.3) is 10.3 Å². The van der Waals surface area contributed by atoms with E-state index >= 15 is 0 Å². The number of pyridine rings is 1. The van der Waals surface area contributed by atoms with Gasteiger partial charge < -0.3 is 10.1 Å². The van der Waals surface area contributed by atoms with Gasteiger partial charge in [0.2, 0.25) is 0 Å². The monoisotopic (exact) mass is 235 g/mol. The van der Waals surface area contributed by atoms with Crippen LogP contribution >= 0.6 is 11.3 Å². The molecule has 1 fully saturated rings. The summed E-state index contributed by atoms with van der Waals surface area (Å²) in [7, 11) is 1.76. The summed E-state index contributed by atoms with van der Waals surface area (Å²) in [6, 6.07) is 4.25. The standard InChI is InChI=1S/C11H13N3OS/c1-15-7-5-9(13-6-7)11-14-8-3-2-4-12-10(8)16-11/h2-4,7,9,13H,5-6H2,1H3. The van der Waals surface area contributed by atoms with Gasteiger partial charge in [0.25, 0.3) is 0 Å². The second-order valence-corrected chi connectivity index (χ2v) is 4.94. The molecule has 0 bridgehead atoms. The number of fused-ring (bicyclic) bond motifs is 1. The summed E-state index contributed by atoms with van der Waals surface area (Å²) in [5.74, 6) is 0. The number of nitrogens with zero attached hydrogens (tertiary/aromatic N) is 2. The average molecular weight is 235 g/mol. The minimum Gasteiger partial charge on any atom is -0.380 e. The Morgan fingerprint density at radius 2 is 2.50 bits per heavy atom. The number of aromatic nitrogens is 2. The number of ether oxygens (including phenoxy) is 1. The lowest BCUT2D eigenvalue weighted by Gasteiger charge is -2.05. The number of hydrogen-bond donors (Lipinski definition) is 1. The number of thiazole rings is 1.